The van der Waals surface area contributed by atoms with Gasteiger partial charge in [0.15, 0.2) is 0 Å². The van der Waals surface area contributed by atoms with E-state index in [0.29, 0.717) is 0 Å². The van der Waals surface area contributed by atoms with Crippen molar-refractivity contribution in [1.29, 1.82) is 0 Å². The van der Waals surface area contributed by atoms with Crippen molar-refractivity contribution in [3.05, 3.63) is 35.9 Å². The van der Waals surface area contributed by atoms with E-state index in [-0.39, 0.29) is 11.8 Å². The quantitative estimate of drug-likeness (QED) is 0.852. The van der Waals surface area contributed by atoms with Crippen LogP contribution in [0, 0.1) is 0 Å². The highest BCUT2D eigenvalue weighted by Crippen LogP contribution is 2.26. The van der Waals surface area contributed by atoms with Crippen molar-refractivity contribution in [3.8, 4) is 0 Å². The van der Waals surface area contributed by atoms with Gasteiger partial charge < -0.3 is 5.11 Å². The van der Waals surface area contributed by atoms with Crippen LogP contribution in [-0.2, 0) is 10.2 Å². The summed E-state index contributed by atoms with van der Waals surface area (Å²) in [7, 11) is 14.8. The summed E-state index contributed by atoms with van der Waals surface area (Å²) in [5, 5.41) is 8.71. The molecule has 0 fully saturated rings. The molecule has 0 unspecified atom stereocenters. The molecule has 0 heterocycles. The topological polar surface area (TPSA) is 37.3 Å². The molecule has 2 nitrogen and oxygen atoms in total. The fourth-order valence-electron chi connectivity index (χ4n) is 1.37. The third-order valence-corrected chi connectivity index (χ3v) is 2.15. The lowest BCUT2D eigenvalue weighted by Gasteiger charge is -2.22. The highest BCUT2D eigenvalue weighted by Gasteiger charge is 2.23. The predicted octanol–water partition coefficient (Wildman–Crippen LogP) is 4.13. The van der Waals surface area contributed by atoms with Gasteiger partial charge >= 0.3 is 17.4 Å². The van der Waals surface area contributed by atoms with Crippen molar-refractivity contribution in [2.75, 3.05) is 0 Å². The molecular weight excluding hydrogens is 297 g/mol. The number of halogens is 3. The minimum Gasteiger partial charge on any atom is -0.481 e. The lowest BCUT2D eigenvalue weighted by Crippen LogP contribution is -2.21. The molecule has 0 aliphatic heterocycles. The summed E-state index contributed by atoms with van der Waals surface area (Å²) in [5.41, 5.74) is 0.782. The SMILES string of the molecule is CC(C)(CC(=O)O)c1ccccc1.[Cl][Al]([Cl])[Cl]. The van der Waals surface area contributed by atoms with Gasteiger partial charge in [-0.25, -0.2) is 30.1 Å². The Kier molecular flexibility index (Phi) is 8.28. The normalized spacial score (nSPS) is 10.2. The number of carboxylic acid groups (broad SMARTS) is 1. The Balaban J connectivity index is 0.000000557. The van der Waals surface area contributed by atoms with Gasteiger partial charge in [-0.2, -0.15) is 0 Å². The van der Waals surface area contributed by atoms with Gasteiger partial charge in [0.25, 0.3) is 0 Å². The number of hydrogen-bond acceptors (Lipinski definition) is 1. The summed E-state index contributed by atoms with van der Waals surface area (Å²) >= 11 is -1.72. The summed E-state index contributed by atoms with van der Waals surface area (Å²) in [6.45, 7) is 3.88. The van der Waals surface area contributed by atoms with E-state index in [1.807, 2.05) is 44.2 Å². The molecule has 0 saturated carbocycles. The highest BCUT2D eigenvalue weighted by atomic mass is 35.8. The third kappa shape index (κ3) is 8.77. The van der Waals surface area contributed by atoms with Gasteiger partial charge in [-0.05, 0) is 5.56 Å². The lowest BCUT2D eigenvalue weighted by molar-refractivity contribution is -0.138. The zero-order chi connectivity index (χ0) is 13.5. The first-order chi connectivity index (χ1) is 7.75. The summed E-state index contributed by atoms with van der Waals surface area (Å²) in [6, 6.07) is 9.71. The zero-order valence-electron chi connectivity index (χ0n) is 9.66. The largest absolute Gasteiger partial charge is 0.643 e. The fraction of sp³-hybridized carbons (Fsp3) is 0.364. The van der Waals surface area contributed by atoms with Gasteiger partial charge in [0, 0.05) is 5.41 Å². The second-order valence-electron chi connectivity index (χ2n) is 4.07. The lowest BCUT2D eigenvalue weighted by atomic mass is 9.82. The van der Waals surface area contributed by atoms with E-state index in [9.17, 15) is 4.79 Å². The minimum absolute atomic E-state index is 0.164. The standard InChI is InChI=1S/C11H14O2.Al.3ClH/c1-11(2,8-10(12)13)9-6-4-3-5-7-9;;;;/h3-7H,8H2,1-2H3,(H,12,13);;3*1H/q;+3;;;/p-3. The second-order valence-corrected chi connectivity index (χ2v) is 10.5. The molecule has 0 aromatic heterocycles. The zero-order valence-corrected chi connectivity index (χ0v) is 13.1. The molecule has 6 heteroatoms. The Hall–Kier alpha value is 0.0925. The van der Waals surface area contributed by atoms with Crippen LogP contribution in [0.4, 0.5) is 0 Å². The van der Waals surface area contributed by atoms with E-state index >= 15 is 0 Å². The average Bonchev–Trinajstić information content (AvgIpc) is 2.16. The number of carbonyl (C=O) groups is 1. The monoisotopic (exact) mass is 310 g/mol. The van der Waals surface area contributed by atoms with Crippen LogP contribution in [0.5, 0.6) is 0 Å². The molecule has 94 valence electrons. The molecule has 0 spiro atoms. The number of carboxylic acids is 1. The average molecular weight is 312 g/mol. The van der Waals surface area contributed by atoms with Crippen molar-refractivity contribution in [2.24, 2.45) is 0 Å². The van der Waals surface area contributed by atoms with Gasteiger partial charge in [0.05, 0.1) is 6.42 Å². The summed E-state index contributed by atoms with van der Waals surface area (Å²) in [5.74, 6) is -0.756. The van der Waals surface area contributed by atoms with E-state index < -0.39 is 17.4 Å². The number of benzene rings is 1. The first-order valence-electron chi connectivity index (χ1n) is 4.95. The summed E-state index contributed by atoms with van der Waals surface area (Å²) < 4.78 is 0. The molecule has 1 N–H and O–H groups in total. The molecule has 1 rings (SSSR count). The van der Waals surface area contributed by atoms with Crippen LogP contribution in [-0.4, -0.2) is 22.5 Å². The smallest absolute Gasteiger partial charge is 0.481 e. The van der Waals surface area contributed by atoms with Crippen molar-refractivity contribution < 1.29 is 9.90 Å². The molecule has 1 aromatic rings. The van der Waals surface area contributed by atoms with Crippen molar-refractivity contribution in [1.82, 2.24) is 0 Å². The van der Waals surface area contributed by atoms with Gasteiger partial charge in [0.1, 0.15) is 0 Å². The molecule has 0 atom stereocenters. The van der Waals surface area contributed by atoms with E-state index in [1.54, 1.807) is 0 Å². The molecule has 0 saturated heterocycles. The van der Waals surface area contributed by atoms with E-state index in [0.717, 1.165) is 5.56 Å². The minimum atomic E-state index is -1.72. The van der Waals surface area contributed by atoms with Gasteiger partial charge in [0.2, 0.25) is 0 Å². The molecular formula is C11H14AlCl3O2. The molecule has 0 amide bonds. The molecule has 17 heavy (non-hydrogen) atoms. The first kappa shape index (κ1) is 17.1. The van der Waals surface area contributed by atoms with Crippen LogP contribution in [0.25, 0.3) is 0 Å². The molecule has 0 radical (unpaired) electrons. The third-order valence-electron chi connectivity index (χ3n) is 2.15. The van der Waals surface area contributed by atoms with Gasteiger partial charge in [-0.1, -0.05) is 44.2 Å². The van der Waals surface area contributed by atoms with Crippen molar-refractivity contribution >= 4 is 47.5 Å². The first-order valence-corrected chi connectivity index (χ1v) is 10.2. The van der Waals surface area contributed by atoms with E-state index in [1.165, 1.54) is 0 Å². The van der Waals surface area contributed by atoms with Crippen LogP contribution in [0.15, 0.2) is 30.3 Å². The molecule has 0 aliphatic rings. The second kappa shape index (κ2) is 8.24. The molecule has 0 bridgehead atoms. The maximum Gasteiger partial charge on any atom is 0.643 e. The Labute approximate surface area is 118 Å². The predicted molar refractivity (Wildman–Crippen MR) is 75.0 cm³/mol. The van der Waals surface area contributed by atoms with Gasteiger partial charge in [-0.15, -0.1) is 0 Å². The Morgan fingerprint density at radius 2 is 1.65 bits per heavy atom. The van der Waals surface area contributed by atoms with Crippen molar-refractivity contribution in [3.63, 3.8) is 0 Å². The highest BCUT2D eigenvalue weighted by molar-refractivity contribution is 7.54. The van der Waals surface area contributed by atoms with E-state index in [2.05, 4.69) is 0 Å². The maximum atomic E-state index is 10.6. The van der Waals surface area contributed by atoms with Crippen LogP contribution in [0.2, 0.25) is 0 Å². The van der Waals surface area contributed by atoms with Crippen molar-refractivity contribution in [2.45, 2.75) is 25.7 Å². The van der Waals surface area contributed by atoms with Crippen LogP contribution >= 0.6 is 30.1 Å². The Morgan fingerprint density at radius 3 is 2.00 bits per heavy atom. The number of aliphatic carboxylic acids is 1. The van der Waals surface area contributed by atoms with Crippen LogP contribution < -0.4 is 0 Å². The Bertz CT molecular complexity index is 339. The van der Waals surface area contributed by atoms with Gasteiger partial charge in [-0.3, -0.25) is 4.79 Å². The number of hydrogen-bond donors (Lipinski definition) is 1. The maximum absolute atomic E-state index is 10.6. The van der Waals surface area contributed by atoms with E-state index in [4.69, 9.17) is 35.3 Å². The van der Waals surface area contributed by atoms with Crippen LogP contribution in [0.3, 0.4) is 0 Å². The van der Waals surface area contributed by atoms with Crippen LogP contribution in [0.1, 0.15) is 25.8 Å². The summed E-state index contributed by atoms with van der Waals surface area (Å²) in [4.78, 5) is 10.6. The molecule has 1 aromatic carbocycles. The Morgan fingerprint density at radius 1 is 1.24 bits per heavy atom. The fourth-order valence-corrected chi connectivity index (χ4v) is 1.37. The number of rotatable bonds is 3. The summed E-state index contributed by atoms with van der Waals surface area (Å²) in [6.07, 6.45) is 0.164. The molecule has 0 aliphatic carbocycles.